The molecular weight excluding hydrogens is 328 g/mol. The number of anilines is 2. The molecule has 6 nitrogen and oxygen atoms in total. The molecule has 0 aliphatic carbocycles. The maximum Gasteiger partial charge on any atom is 0.329 e. The number of para-hydroxylation sites is 2. The molecule has 0 unspecified atom stereocenters. The number of hydrogen-bond donors (Lipinski definition) is 2. The number of rotatable bonds is 4. The zero-order valence-corrected chi connectivity index (χ0v) is 15.3. The van der Waals surface area contributed by atoms with Crippen molar-refractivity contribution in [3.8, 4) is 0 Å². The highest BCUT2D eigenvalue weighted by molar-refractivity contribution is 6.01. The first-order valence-electron chi connectivity index (χ1n) is 8.63. The number of nitrogens with zero attached hydrogens (tertiary/aromatic N) is 2. The van der Waals surface area contributed by atoms with E-state index in [-0.39, 0.29) is 17.5 Å². The Balaban J connectivity index is 1.80. The van der Waals surface area contributed by atoms with E-state index in [1.807, 2.05) is 48.5 Å². The first kappa shape index (κ1) is 17.9. The number of carbonyl (C=O) groups excluding carboxylic acids is 1. The van der Waals surface area contributed by atoms with Crippen LogP contribution >= 0.6 is 0 Å². The van der Waals surface area contributed by atoms with E-state index in [9.17, 15) is 4.79 Å². The molecule has 0 bridgehead atoms. The second-order valence-electron chi connectivity index (χ2n) is 7.16. The van der Waals surface area contributed by atoms with Crippen LogP contribution < -0.4 is 16.0 Å². The van der Waals surface area contributed by atoms with Gasteiger partial charge in [-0.15, -0.1) is 0 Å². The lowest BCUT2D eigenvalue weighted by Crippen LogP contribution is -2.38. The van der Waals surface area contributed by atoms with E-state index in [4.69, 9.17) is 10.2 Å². The Labute approximate surface area is 153 Å². The third kappa shape index (κ3) is 3.86. The fraction of sp³-hybridized carbons (Fsp3) is 0.300. The smallest absolute Gasteiger partial charge is 0.329 e. The van der Waals surface area contributed by atoms with Crippen molar-refractivity contribution in [3.63, 3.8) is 0 Å². The molecule has 3 N–H and O–H groups in total. The summed E-state index contributed by atoms with van der Waals surface area (Å²) in [6.07, 6.45) is 0. The number of aromatic nitrogens is 1. The van der Waals surface area contributed by atoms with E-state index in [1.54, 1.807) is 0 Å². The Hall–Kier alpha value is -2.86. The SMILES string of the molecule is CC(C)(C)c1ccc(NC(=O)N(CCN)c2nc3ccccc3o2)cc1. The van der Waals surface area contributed by atoms with Gasteiger partial charge in [0.15, 0.2) is 5.58 Å². The third-order valence-corrected chi connectivity index (χ3v) is 4.11. The van der Waals surface area contributed by atoms with E-state index in [0.717, 1.165) is 0 Å². The van der Waals surface area contributed by atoms with Crippen molar-refractivity contribution < 1.29 is 9.21 Å². The molecule has 0 aliphatic rings. The molecule has 2 aromatic carbocycles. The van der Waals surface area contributed by atoms with Crippen molar-refractivity contribution in [3.05, 3.63) is 54.1 Å². The lowest BCUT2D eigenvalue weighted by atomic mass is 9.87. The highest BCUT2D eigenvalue weighted by atomic mass is 16.4. The van der Waals surface area contributed by atoms with E-state index in [2.05, 4.69) is 31.1 Å². The van der Waals surface area contributed by atoms with Crippen LogP contribution in [-0.4, -0.2) is 24.1 Å². The van der Waals surface area contributed by atoms with Gasteiger partial charge in [0.05, 0.1) is 0 Å². The number of urea groups is 1. The minimum Gasteiger partial charge on any atom is -0.423 e. The molecule has 1 heterocycles. The molecule has 1 aromatic heterocycles. The molecular formula is C20H24N4O2. The van der Waals surface area contributed by atoms with Crippen molar-refractivity contribution in [1.82, 2.24) is 4.98 Å². The summed E-state index contributed by atoms with van der Waals surface area (Å²) in [5.41, 5.74) is 8.97. The number of nitrogens with one attached hydrogen (secondary N) is 1. The van der Waals surface area contributed by atoms with Crippen molar-refractivity contribution in [2.45, 2.75) is 26.2 Å². The molecule has 0 radical (unpaired) electrons. The van der Waals surface area contributed by atoms with Crippen LogP contribution in [0.25, 0.3) is 11.1 Å². The van der Waals surface area contributed by atoms with Gasteiger partial charge in [0.2, 0.25) is 0 Å². The Bertz CT molecular complexity index is 861. The maximum atomic E-state index is 12.7. The summed E-state index contributed by atoms with van der Waals surface area (Å²) < 4.78 is 5.70. The minimum absolute atomic E-state index is 0.0618. The Morgan fingerprint density at radius 2 is 1.85 bits per heavy atom. The normalized spacial score (nSPS) is 11.5. The van der Waals surface area contributed by atoms with Gasteiger partial charge in [-0.05, 0) is 35.2 Å². The molecule has 26 heavy (non-hydrogen) atoms. The van der Waals surface area contributed by atoms with Crippen LogP contribution in [0.4, 0.5) is 16.5 Å². The highest BCUT2D eigenvalue weighted by Gasteiger charge is 2.21. The predicted molar refractivity (Wildman–Crippen MR) is 105 cm³/mol. The fourth-order valence-corrected chi connectivity index (χ4v) is 2.63. The second-order valence-corrected chi connectivity index (χ2v) is 7.16. The number of carbonyl (C=O) groups is 1. The summed E-state index contributed by atoms with van der Waals surface area (Å²) in [7, 11) is 0. The number of oxazole rings is 1. The average molecular weight is 352 g/mol. The van der Waals surface area contributed by atoms with Crippen molar-refractivity contribution in [1.29, 1.82) is 0 Å². The maximum absolute atomic E-state index is 12.7. The zero-order chi connectivity index (χ0) is 18.7. The summed E-state index contributed by atoms with van der Waals surface area (Å²) >= 11 is 0. The van der Waals surface area contributed by atoms with Crippen LogP contribution in [0.15, 0.2) is 52.9 Å². The summed E-state index contributed by atoms with van der Waals surface area (Å²) in [4.78, 5) is 18.5. The van der Waals surface area contributed by atoms with Gasteiger partial charge in [0, 0.05) is 18.8 Å². The van der Waals surface area contributed by atoms with Crippen molar-refractivity contribution >= 4 is 28.8 Å². The topological polar surface area (TPSA) is 84.4 Å². The zero-order valence-electron chi connectivity index (χ0n) is 15.3. The van der Waals surface area contributed by atoms with Gasteiger partial charge in [-0.3, -0.25) is 0 Å². The molecule has 3 rings (SSSR count). The first-order valence-corrected chi connectivity index (χ1v) is 8.63. The Morgan fingerprint density at radius 1 is 1.15 bits per heavy atom. The quantitative estimate of drug-likeness (QED) is 0.739. The van der Waals surface area contributed by atoms with Crippen LogP contribution in [0.2, 0.25) is 0 Å². The highest BCUT2D eigenvalue weighted by Crippen LogP contribution is 2.25. The van der Waals surface area contributed by atoms with E-state index in [0.29, 0.717) is 29.9 Å². The summed E-state index contributed by atoms with van der Waals surface area (Å²) in [5, 5.41) is 2.88. The first-order chi connectivity index (χ1) is 12.4. The van der Waals surface area contributed by atoms with E-state index < -0.39 is 0 Å². The Morgan fingerprint density at radius 3 is 2.46 bits per heavy atom. The van der Waals surface area contributed by atoms with Gasteiger partial charge in [-0.1, -0.05) is 45.0 Å². The molecule has 0 atom stereocenters. The molecule has 3 aromatic rings. The van der Waals surface area contributed by atoms with Crippen LogP contribution in [-0.2, 0) is 5.41 Å². The van der Waals surface area contributed by atoms with Crippen LogP contribution in [0, 0.1) is 0 Å². The van der Waals surface area contributed by atoms with Gasteiger partial charge >= 0.3 is 12.0 Å². The number of fused-ring (bicyclic) bond motifs is 1. The van der Waals surface area contributed by atoms with Crippen LogP contribution in [0.1, 0.15) is 26.3 Å². The van der Waals surface area contributed by atoms with Crippen LogP contribution in [0.5, 0.6) is 0 Å². The number of hydrogen-bond acceptors (Lipinski definition) is 4. The second kappa shape index (κ2) is 7.17. The van der Waals surface area contributed by atoms with Gasteiger partial charge in [0.25, 0.3) is 0 Å². The fourth-order valence-electron chi connectivity index (χ4n) is 2.63. The molecule has 0 saturated carbocycles. The Kier molecular flexibility index (Phi) is 4.95. The molecule has 0 fully saturated rings. The van der Waals surface area contributed by atoms with E-state index in [1.165, 1.54) is 10.5 Å². The van der Waals surface area contributed by atoms with Gasteiger partial charge in [-0.25, -0.2) is 9.69 Å². The molecule has 2 amide bonds. The molecule has 6 heteroatoms. The van der Waals surface area contributed by atoms with Crippen molar-refractivity contribution in [2.24, 2.45) is 5.73 Å². The molecule has 0 spiro atoms. The number of nitrogens with two attached hydrogens (primary N) is 1. The molecule has 0 aliphatic heterocycles. The summed E-state index contributed by atoms with van der Waals surface area (Å²) in [6, 6.07) is 15.1. The molecule has 136 valence electrons. The van der Waals surface area contributed by atoms with E-state index >= 15 is 0 Å². The van der Waals surface area contributed by atoms with Crippen LogP contribution in [0.3, 0.4) is 0 Å². The summed E-state index contributed by atoms with van der Waals surface area (Å²) in [6.45, 7) is 7.05. The third-order valence-electron chi connectivity index (χ3n) is 4.11. The van der Waals surface area contributed by atoms with Crippen molar-refractivity contribution in [2.75, 3.05) is 23.3 Å². The lowest BCUT2D eigenvalue weighted by molar-refractivity contribution is 0.256. The van der Waals surface area contributed by atoms with Gasteiger partial charge in [-0.2, -0.15) is 4.98 Å². The standard InChI is InChI=1S/C20H24N4O2/c1-20(2,3)14-8-10-15(11-9-14)22-18(25)24(13-12-21)19-23-16-6-4-5-7-17(16)26-19/h4-11H,12-13,21H2,1-3H3,(H,22,25). The predicted octanol–water partition coefficient (Wildman–Crippen LogP) is 4.12. The monoisotopic (exact) mass is 352 g/mol. The molecule has 0 saturated heterocycles. The lowest BCUT2D eigenvalue weighted by Gasteiger charge is -2.20. The minimum atomic E-state index is -0.328. The number of amides is 2. The average Bonchev–Trinajstić information content (AvgIpc) is 3.02. The van der Waals surface area contributed by atoms with Gasteiger partial charge in [0.1, 0.15) is 5.52 Å². The van der Waals surface area contributed by atoms with Gasteiger partial charge < -0.3 is 15.5 Å². The largest absolute Gasteiger partial charge is 0.423 e. The number of benzene rings is 2. The summed E-state index contributed by atoms with van der Waals surface area (Å²) in [5.74, 6) is 0.